The minimum absolute atomic E-state index is 0.0764. The van der Waals surface area contributed by atoms with Crippen LogP contribution in [0, 0.1) is 5.92 Å². The summed E-state index contributed by atoms with van der Waals surface area (Å²) in [6.07, 6.45) is 17.7. The molecule has 2 atom stereocenters. The molecule has 9 nitrogen and oxygen atoms in total. The van der Waals surface area contributed by atoms with Gasteiger partial charge < -0.3 is 24.2 Å². The summed E-state index contributed by atoms with van der Waals surface area (Å²) in [5.41, 5.74) is 0.919. The molecule has 0 saturated carbocycles. The predicted molar refractivity (Wildman–Crippen MR) is 160 cm³/mol. The molecule has 1 amide bonds. The third kappa shape index (κ3) is 21.2. The first-order valence-corrected chi connectivity index (χ1v) is 14.6. The van der Waals surface area contributed by atoms with Gasteiger partial charge in [-0.3, -0.25) is 4.79 Å². The van der Waals surface area contributed by atoms with Gasteiger partial charge in [0.2, 0.25) is 5.91 Å². The van der Waals surface area contributed by atoms with E-state index in [1.54, 1.807) is 19.9 Å². The number of ether oxygens (including phenoxy) is 3. The number of hydrogen-bond acceptors (Lipinski definition) is 7. The number of carbonyl (C=O) groups is 4. The number of likely N-dealkylation sites (tertiary alicyclic amines) is 1. The van der Waals surface area contributed by atoms with E-state index in [1.165, 1.54) is 68.9 Å². The van der Waals surface area contributed by atoms with Gasteiger partial charge in [-0.25, -0.2) is 14.4 Å². The Balaban J connectivity index is 0.000000610. The topological polar surface area (TPSA) is 123 Å². The van der Waals surface area contributed by atoms with Crippen LogP contribution in [0.3, 0.4) is 0 Å². The van der Waals surface area contributed by atoms with Gasteiger partial charge in [-0.2, -0.15) is 0 Å². The molecule has 0 aromatic heterocycles. The number of aliphatic carboxylic acids is 1. The van der Waals surface area contributed by atoms with Crippen LogP contribution in [0.4, 0.5) is 0 Å². The van der Waals surface area contributed by atoms with Crippen molar-refractivity contribution in [1.29, 1.82) is 0 Å². The van der Waals surface area contributed by atoms with Crippen molar-refractivity contribution in [2.75, 3.05) is 26.4 Å². The molecule has 2 rings (SSSR count). The fourth-order valence-electron chi connectivity index (χ4n) is 3.58. The van der Waals surface area contributed by atoms with Gasteiger partial charge in [0.1, 0.15) is 12.7 Å². The number of rotatable bonds is 18. The molecule has 0 bridgehead atoms. The van der Waals surface area contributed by atoms with Gasteiger partial charge in [0.15, 0.2) is 0 Å². The second-order valence-corrected chi connectivity index (χ2v) is 10.2. The summed E-state index contributed by atoms with van der Waals surface area (Å²) in [6.45, 7) is 18.3. The molecule has 0 spiro atoms. The highest BCUT2D eigenvalue weighted by Gasteiger charge is 2.27. The summed E-state index contributed by atoms with van der Waals surface area (Å²) in [5.74, 6) is -1.87. The van der Waals surface area contributed by atoms with Crippen LogP contribution < -0.4 is 0 Å². The molecule has 2 unspecified atom stereocenters. The van der Waals surface area contributed by atoms with E-state index in [2.05, 4.69) is 26.7 Å². The Hall–Kier alpha value is -3.20. The van der Waals surface area contributed by atoms with Crippen LogP contribution in [0.2, 0.25) is 0 Å². The van der Waals surface area contributed by atoms with E-state index < -0.39 is 5.97 Å². The lowest BCUT2D eigenvalue weighted by Gasteiger charge is -2.08. The number of carboxylic acids is 1. The van der Waals surface area contributed by atoms with Crippen molar-refractivity contribution in [1.82, 2.24) is 4.90 Å². The number of unbranched alkanes of at least 4 members (excludes halogenated alkanes) is 9. The number of epoxide rings is 1. The van der Waals surface area contributed by atoms with Crippen LogP contribution in [0.15, 0.2) is 49.2 Å². The molecule has 2 saturated heterocycles. The molecule has 0 aliphatic carbocycles. The van der Waals surface area contributed by atoms with Crippen LogP contribution in [0.5, 0.6) is 0 Å². The molecule has 232 valence electrons. The number of nitrogens with zero attached hydrogens (tertiary/aromatic N) is 1. The summed E-state index contributed by atoms with van der Waals surface area (Å²) in [4.78, 5) is 44.7. The Morgan fingerprint density at radius 3 is 1.90 bits per heavy atom. The highest BCUT2D eigenvalue weighted by molar-refractivity contribution is 5.87. The quantitative estimate of drug-likeness (QED) is 0.0677. The molecule has 1 N–H and O–H groups in total. The smallest absolute Gasteiger partial charge is 0.333 e. The van der Waals surface area contributed by atoms with Crippen LogP contribution >= 0.6 is 0 Å². The van der Waals surface area contributed by atoms with E-state index in [1.807, 2.05) is 0 Å². The second-order valence-electron chi connectivity index (χ2n) is 10.2. The minimum Gasteiger partial charge on any atom is -0.478 e. The summed E-state index contributed by atoms with van der Waals surface area (Å²) < 4.78 is 14.6. The number of amides is 1. The third-order valence-electron chi connectivity index (χ3n) is 6.19. The van der Waals surface area contributed by atoms with E-state index in [0.29, 0.717) is 43.9 Å². The summed E-state index contributed by atoms with van der Waals surface area (Å²) >= 11 is 0. The van der Waals surface area contributed by atoms with Gasteiger partial charge >= 0.3 is 17.9 Å². The number of hydrogen-bond donors (Lipinski definition) is 1. The average Bonchev–Trinajstić information content (AvgIpc) is 3.70. The fraction of sp³-hybridized carbons (Fsp3) is 0.625. The van der Waals surface area contributed by atoms with Gasteiger partial charge in [0.25, 0.3) is 0 Å². The van der Waals surface area contributed by atoms with Gasteiger partial charge in [-0.05, 0) is 26.7 Å². The molecule has 9 heteroatoms. The maximum atomic E-state index is 11.4. The SMILES string of the molecule is C=C(C)C(=O)OCC1CO1.C=C(C)C(=O)OCCCCCCCCCCCC.C=CC1CCN(C=CC(=O)O)C1=O. The molecular formula is C32H51NO8. The first-order valence-electron chi connectivity index (χ1n) is 14.6. The van der Waals surface area contributed by atoms with Crippen LogP contribution in [0.25, 0.3) is 0 Å². The Kier molecular flexibility index (Phi) is 21.7. The Morgan fingerprint density at radius 2 is 1.46 bits per heavy atom. The highest BCUT2D eigenvalue weighted by Crippen LogP contribution is 2.18. The normalized spacial score (nSPS) is 17.0. The lowest BCUT2D eigenvalue weighted by Crippen LogP contribution is -2.21. The van der Waals surface area contributed by atoms with E-state index >= 15 is 0 Å². The largest absolute Gasteiger partial charge is 0.478 e. The van der Waals surface area contributed by atoms with E-state index in [0.717, 1.165) is 12.5 Å². The van der Waals surface area contributed by atoms with Gasteiger partial charge in [-0.15, -0.1) is 6.58 Å². The molecule has 0 aromatic carbocycles. The van der Waals surface area contributed by atoms with Crippen molar-refractivity contribution in [3.05, 3.63) is 49.2 Å². The minimum atomic E-state index is -1.05. The molecule has 0 aromatic rings. The van der Waals surface area contributed by atoms with Crippen LogP contribution in [-0.2, 0) is 33.4 Å². The van der Waals surface area contributed by atoms with Crippen LogP contribution in [0.1, 0.15) is 91.4 Å². The Labute approximate surface area is 246 Å². The molecule has 2 fully saturated rings. The summed E-state index contributed by atoms with van der Waals surface area (Å²) in [5, 5.41) is 8.34. The summed E-state index contributed by atoms with van der Waals surface area (Å²) in [7, 11) is 0. The molecule has 0 radical (unpaired) electrons. The first-order chi connectivity index (χ1) is 19.5. The lowest BCUT2D eigenvalue weighted by molar-refractivity contribution is -0.140. The predicted octanol–water partition coefficient (Wildman–Crippen LogP) is 6.15. The maximum Gasteiger partial charge on any atom is 0.333 e. The van der Waals surface area contributed by atoms with Gasteiger partial charge in [0.05, 0.1) is 19.1 Å². The van der Waals surface area contributed by atoms with E-state index in [9.17, 15) is 19.2 Å². The van der Waals surface area contributed by atoms with Gasteiger partial charge in [-0.1, -0.05) is 83.9 Å². The van der Waals surface area contributed by atoms with Crippen molar-refractivity contribution in [2.24, 2.45) is 5.92 Å². The van der Waals surface area contributed by atoms with E-state index in [-0.39, 0.29) is 29.9 Å². The average molecular weight is 578 g/mol. The standard InChI is InChI=1S/C16H30O2.C9H11NO3.C7H10O3/c1-4-5-6-7-8-9-10-11-12-13-14-18-16(17)15(2)3;1-2-7-3-5-10(9(7)13)6-4-8(11)12;1-5(2)7(8)10-4-6-3-9-6/h2,4-14H2,1,3H3;2,4,6-7H,1,3,5H2,(H,11,12);6H,1,3-4H2,2H3. The van der Waals surface area contributed by atoms with Crippen molar-refractivity contribution in [3.8, 4) is 0 Å². The highest BCUT2D eigenvalue weighted by atomic mass is 16.6. The van der Waals surface area contributed by atoms with Crippen LogP contribution in [-0.4, -0.2) is 66.3 Å². The molecule has 2 aliphatic heterocycles. The van der Waals surface area contributed by atoms with Crippen molar-refractivity contribution in [3.63, 3.8) is 0 Å². The Bertz CT molecular complexity index is 875. The third-order valence-corrected chi connectivity index (χ3v) is 6.19. The van der Waals surface area contributed by atoms with Crippen molar-refractivity contribution < 1.29 is 38.5 Å². The Morgan fingerprint density at radius 1 is 0.951 bits per heavy atom. The number of esters is 2. The summed E-state index contributed by atoms with van der Waals surface area (Å²) in [6, 6.07) is 0. The first kappa shape index (κ1) is 37.8. The zero-order valence-corrected chi connectivity index (χ0v) is 25.4. The molecule has 2 aliphatic rings. The fourth-order valence-corrected chi connectivity index (χ4v) is 3.58. The molecular weight excluding hydrogens is 526 g/mol. The van der Waals surface area contributed by atoms with Gasteiger partial charge in [0, 0.05) is 30.0 Å². The maximum absolute atomic E-state index is 11.4. The number of carbonyl (C=O) groups excluding carboxylic acids is 3. The van der Waals surface area contributed by atoms with Crippen molar-refractivity contribution in [2.45, 2.75) is 97.5 Å². The van der Waals surface area contributed by atoms with E-state index in [4.69, 9.17) is 19.3 Å². The van der Waals surface area contributed by atoms with Crippen molar-refractivity contribution >= 4 is 23.8 Å². The zero-order valence-electron chi connectivity index (χ0n) is 25.4. The second kappa shape index (κ2) is 23.5. The molecule has 2 heterocycles. The number of carboxylic acid groups (broad SMARTS) is 1. The lowest BCUT2D eigenvalue weighted by atomic mass is 10.1. The monoisotopic (exact) mass is 577 g/mol. The molecule has 41 heavy (non-hydrogen) atoms. The zero-order chi connectivity index (χ0) is 31.0.